The van der Waals surface area contributed by atoms with Crippen molar-refractivity contribution in [3.05, 3.63) is 29.3 Å². The van der Waals surface area contributed by atoms with E-state index in [1.54, 1.807) is 0 Å². The molecule has 1 aliphatic heterocycles. The maximum Gasteiger partial charge on any atom is 0.328 e. The molecule has 0 aliphatic carbocycles. The van der Waals surface area contributed by atoms with Crippen molar-refractivity contribution in [2.24, 2.45) is 5.84 Å². The minimum atomic E-state index is -0.389. The van der Waals surface area contributed by atoms with Crippen molar-refractivity contribution in [1.29, 1.82) is 0 Å². The van der Waals surface area contributed by atoms with Gasteiger partial charge in [-0.15, -0.1) is 0 Å². The summed E-state index contributed by atoms with van der Waals surface area (Å²) in [6.07, 6.45) is 2.03. The molecule has 6 heteroatoms. The number of carbonyl (C=O) groups is 2. The van der Waals surface area contributed by atoms with Gasteiger partial charge in [0.05, 0.1) is 0 Å². The number of nitrogens with one attached hydrogen (secondary N) is 3. The Kier molecular flexibility index (Phi) is 3.78. The Morgan fingerprint density at radius 3 is 3.00 bits per heavy atom. The number of nitrogens with two attached hydrogens (primary N) is 1. The van der Waals surface area contributed by atoms with Gasteiger partial charge in [0.1, 0.15) is 0 Å². The van der Waals surface area contributed by atoms with Gasteiger partial charge in [-0.05, 0) is 30.0 Å². The number of rotatable bonds is 3. The largest absolute Gasteiger partial charge is 0.337 e. The maximum atomic E-state index is 11.2. The van der Waals surface area contributed by atoms with Crippen LogP contribution in [0.4, 0.5) is 10.5 Å². The third kappa shape index (κ3) is 2.98. The first kappa shape index (κ1) is 12.4. The van der Waals surface area contributed by atoms with E-state index in [4.69, 9.17) is 5.84 Å². The van der Waals surface area contributed by atoms with Crippen LogP contribution >= 0.6 is 0 Å². The molecule has 2 rings (SSSR count). The zero-order chi connectivity index (χ0) is 13.0. The van der Waals surface area contributed by atoms with Crippen molar-refractivity contribution in [3.63, 3.8) is 0 Å². The van der Waals surface area contributed by atoms with E-state index in [0.29, 0.717) is 13.0 Å². The zero-order valence-electron chi connectivity index (χ0n) is 9.95. The Morgan fingerprint density at radius 2 is 2.22 bits per heavy atom. The Hall–Kier alpha value is -2.08. The predicted molar refractivity (Wildman–Crippen MR) is 67.8 cm³/mol. The lowest BCUT2D eigenvalue weighted by atomic mass is 9.99. The van der Waals surface area contributed by atoms with Gasteiger partial charge in [0.25, 0.3) is 0 Å². The summed E-state index contributed by atoms with van der Waals surface area (Å²) in [4.78, 5) is 22.1. The van der Waals surface area contributed by atoms with Gasteiger partial charge < -0.3 is 10.6 Å². The quantitative estimate of drug-likeness (QED) is 0.351. The summed E-state index contributed by atoms with van der Waals surface area (Å²) < 4.78 is 0. The van der Waals surface area contributed by atoms with Crippen LogP contribution in [0.5, 0.6) is 0 Å². The molecule has 0 atom stereocenters. The van der Waals surface area contributed by atoms with Crippen molar-refractivity contribution in [1.82, 2.24) is 10.7 Å². The van der Waals surface area contributed by atoms with Gasteiger partial charge in [-0.1, -0.05) is 12.1 Å². The third-order valence-electron chi connectivity index (χ3n) is 2.90. The minimum absolute atomic E-state index is 0.0662. The average Bonchev–Trinajstić information content (AvgIpc) is 2.38. The highest BCUT2D eigenvalue weighted by Crippen LogP contribution is 2.23. The smallest absolute Gasteiger partial charge is 0.328 e. The molecule has 5 N–H and O–H groups in total. The first-order valence-corrected chi connectivity index (χ1v) is 5.85. The van der Waals surface area contributed by atoms with E-state index in [9.17, 15) is 9.59 Å². The molecule has 1 aromatic carbocycles. The fourth-order valence-electron chi connectivity index (χ4n) is 1.96. The number of anilines is 1. The molecule has 3 amide bonds. The van der Waals surface area contributed by atoms with Crippen molar-refractivity contribution < 1.29 is 9.59 Å². The molecule has 0 saturated heterocycles. The predicted octanol–water partition coefficient (Wildman–Crippen LogP) is 0.287. The second kappa shape index (κ2) is 5.50. The summed E-state index contributed by atoms with van der Waals surface area (Å²) in [5.41, 5.74) is 5.18. The standard InChI is InChI=1S/C12H16N4O2/c13-16-12(18)14-6-5-8-1-3-10-9(7-8)2-4-11(17)15-10/h1,3,7H,2,4-6,13H2,(H,15,17)(H2,14,16,18). The normalized spacial score (nSPS) is 13.5. The van der Waals surface area contributed by atoms with E-state index in [1.165, 1.54) is 0 Å². The van der Waals surface area contributed by atoms with Crippen LogP contribution in [0.3, 0.4) is 0 Å². The number of urea groups is 1. The molecule has 0 spiro atoms. The zero-order valence-corrected chi connectivity index (χ0v) is 9.95. The number of hydrazine groups is 1. The van der Waals surface area contributed by atoms with E-state index in [1.807, 2.05) is 17.6 Å². The van der Waals surface area contributed by atoms with E-state index in [2.05, 4.69) is 16.7 Å². The average molecular weight is 248 g/mol. The Morgan fingerprint density at radius 1 is 1.39 bits per heavy atom. The van der Waals surface area contributed by atoms with Crippen molar-refractivity contribution in [3.8, 4) is 0 Å². The molecule has 0 fully saturated rings. The third-order valence-corrected chi connectivity index (χ3v) is 2.90. The van der Waals surface area contributed by atoms with Gasteiger partial charge in [0, 0.05) is 18.7 Å². The van der Waals surface area contributed by atoms with Crippen LogP contribution in [0.25, 0.3) is 0 Å². The van der Waals surface area contributed by atoms with Crippen molar-refractivity contribution in [2.75, 3.05) is 11.9 Å². The number of benzene rings is 1. The van der Waals surface area contributed by atoms with Gasteiger partial charge in [-0.25, -0.2) is 10.6 Å². The first-order valence-electron chi connectivity index (χ1n) is 5.85. The summed E-state index contributed by atoms with van der Waals surface area (Å²) in [5.74, 6) is 5.02. The van der Waals surface area contributed by atoms with Gasteiger partial charge in [0.15, 0.2) is 0 Å². The van der Waals surface area contributed by atoms with Crippen LogP contribution in [0.1, 0.15) is 17.5 Å². The Balaban J connectivity index is 1.95. The molecular formula is C12H16N4O2. The number of hydrogen-bond acceptors (Lipinski definition) is 3. The van der Waals surface area contributed by atoms with Gasteiger partial charge in [-0.3, -0.25) is 10.2 Å². The second-order valence-electron chi connectivity index (χ2n) is 4.19. The molecule has 1 heterocycles. The van der Waals surface area contributed by atoms with E-state index in [-0.39, 0.29) is 11.9 Å². The fourth-order valence-corrected chi connectivity index (χ4v) is 1.96. The molecule has 18 heavy (non-hydrogen) atoms. The molecule has 1 aromatic rings. The lowest BCUT2D eigenvalue weighted by Gasteiger charge is -2.17. The van der Waals surface area contributed by atoms with E-state index >= 15 is 0 Å². The monoisotopic (exact) mass is 248 g/mol. The molecule has 0 unspecified atom stereocenters. The van der Waals surface area contributed by atoms with E-state index in [0.717, 1.165) is 29.7 Å². The number of carbonyl (C=O) groups excluding carboxylic acids is 2. The number of hydrogen-bond donors (Lipinski definition) is 4. The summed E-state index contributed by atoms with van der Waals surface area (Å²) in [7, 11) is 0. The highest BCUT2D eigenvalue weighted by Gasteiger charge is 2.14. The highest BCUT2D eigenvalue weighted by molar-refractivity contribution is 5.93. The molecule has 6 nitrogen and oxygen atoms in total. The number of fused-ring (bicyclic) bond motifs is 1. The molecule has 0 radical (unpaired) electrons. The van der Waals surface area contributed by atoms with E-state index < -0.39 is 0 Å². The lowest BCUT2D eigenvalue weighted by molar-refractivity contribution is -0.116. The van der Waals surface area contributed by atoms with Crippen LogP contribution in [0, 0.1) is 0 Å². The van der Waals surface area contributed by atoms with Gasteiger partial charge in [-0.2, -0.15) is 0 Å². The maximum absolute atomic E-state index is 11.2. The SMILES string of the molecule is NNC(=O)NCCc1ccc2c(c1)CCC(=O)N2. The first-order chi connectivity index (χ1) is 8.69. The van der Waals surface area contributed by atoms with Crippen LogP contribution in [-0.4, -0.2) is 18.5 Å². The van der Waals surface area contributed by atoms with Crippen LogP contribution in [0.2, 0.25) is 0 Å². The molecule has 96 valence electrons. The number of aryl methyl sites for hydroxylation is 1. The molecule has 1 aliphatic rings. The summed E-state index contributed by atoms with van der Waals surface area (Å²) in [6, 6.07) is 5.54. The van der Waals surface area contributed by atoms with Crippen LogP contribution < -0.4 is 21.9 Å². The second-order valence-corrected chi connectivity index (χ2v) is 4.19. The molecule has 0 aromatic heterocycles. The number of amides is 3. The summed E-state index contributed by atoms with van der Waals surface area (Å²) >= 11 is 0. The molecule has 0 saturated carbocycles. The Labute approximate surface area is 105 Å². The molecule has 0 bridgehead atoms. The summed E-state index contributed by atoms with van der Waals surface area (Å²) in [5, 5.41) is 5.46. The highest BCUT2D eigenvalue weighted by atomic mass is 16.2. The summed E-state index contributed by atoms with van der Waals surface area (Å²) in [6.45, 7) is 0.522. The van der Waals surface area contributed by atoms with Crippen LogP contribution in [-0.2, 0) is 17.6 Å². The van der Waals surface area contributed by atoms with Gasteiger partial charge >= 0.3 is 6.03 Å². The lowest BCUT2D eigenvalue weighted by Crippen LogP contribution is -2.40. The van der Waals surface area contributed by atoms with Crippen molar-refractivity contribution >= 4 is 17.6 Å². The minimum Gasteiger partial charge on any atom is -0.337 e. The van der Waals surface area contributed by atoms with Gasteiger partial charge in [0.2, 0.25) is 5.91 Å². The van der Waals surface area contributed by atoms with Crippen molar-refractivity contribution in [2.45, 2.75) is 19.3 Å². The Bertz CT molecular complexity index is 473. The van der Waals surface area contributed by atoms with Crippen LogP contribution in [0.15, 0.2) is 18.2 Å². The molecular weight excluding hydrogens is 232 g/mol. The topological polar surface area (TPSA) is 96.2 Å². The fraction of sp³-hybridized carbons (Fsp3) is 0.333.